The van der Waals surface area contributed by atoms with Crippen LogP contribution in [0.25, 0.3) is 0 Å². The minimum absolute atomic E-state index is 0.331. The van der Waals surface area contributed by atoms with Crippen LogP contribution in [-0.4, -0.2) is 16.8 Å². The summed E-state index contributed by atoms with van der Waals surface area (Å²) in [6, 6.07) is 8.72. The minimum Gasteiger partial charge on any atom is -0.313 e. The largest absolute Gasteiger partial charge is 0.313 e. The lowest BCUT2D eigenvalue weighted by Gasteiger charge is -2.18. The maximum Gasteiger partial charge on any atom is 0.0492 e. The third-order valence-electron chi connectivity index (χ3n) is 3.30. The zero-order valence-corrected chi connectivity index (χ0v) is 14.2. The van der Waals surface area contributed by atoms with E-state index >= 15 is 0 Å². The Bertz CT molecular complexity index is 551. The number of nitrogens with one attached hydrogen (secondary N) is 1. The van der Waals surface area contributed by atoms with Crippen LogP contribution in [0, 0.1) is 0 Å². The van der Waals surface area contributed by atoms with E-state index in [1.54, 1.807) is 0 Å². The summed E-state index contributed by atoms with van der Waals surface area (Å²) < 4.78 is 4.15. The van der Waals surface area contributed by atoms with Gasteiger partial charge in [-0.1, -0.05) is 37.9 Å². The van der Waals surface area contributed by atoms with Crippen LogP contribution in [0.1, 0.15) is 23.7 Å². The molecule has 3 nitrogen and oxygen atoms in total. The van der Waals surface area contributed by atoms with Gasteiger partial charge in [-0.15, -0.1) is 0 Å². The van der Waals surface area contributed by atoms with Crippen molar-refractivity contribution in [1.82, 2.24) is 15.1 Å². The summed E-state index contributed by atoms with van der Waals surface area (Å²) in [5.74, 6) is 0. The highest BCUT2D eigenvalue weighted by Gasteiger charge is 2.13. The highest BCUT2D eigenvalue weighted by molar-refractivity contribution is 9.11. The van der Waals surface area contributed by atoms with Crippen molar-refractivity contribution in [1.29, 1.82) is 0 Å². The molecular formula is C14H17Br2N3. The van der Waals surface area contributed by atoms with Gasteiger partial charge in [0.1, 0.15) is 0 Å². The van der Waals surface area contributed by atoms with Crippen molar-refractivity contribution in [3.05, 3.63) is 50.7 Å². The fourth-order valence-electron chi connectivity index (χ4n) is 2.18. The smallest absolute Gasteiger partial charge is 0.0492 e. The Labute approximate surface area is 130 Å². The molecule has 0 aliphatic carbocycles. The molecule has 0 fully saturated rings. The van der Waals surface area contributed by atoms with Crippen molar-refractivity contribution in [2.45, 2.75) is 18.9 Å². The van der Waals surface area contributed by atoms with Gasteiger partial charge in [-0.2, -0.15) is 5.10 Å². The molecule has 0 spiro atoms. The van der Waals surface area contributed by atoms with E-state index in [0.717, 1.165) is 21.8 Å². The van der Waals surface area contributed by atoms with Crippen molar-refractivity contribution >= 4 is 31.9 Å². The SMILES string of the molecule is CNC(CCc1ccnn1C)c1ccc(Br)cc1Br. The van der Waals surface area contributed by atoms with Gasteiger partial charge in [0.2, 0.25) is 0 Å². The van der Waals surface area contributed by atoms with Gasteiger partial charge >= 0.3 is 0 Å². The number of hydrogen-bond donors (Lipinski definition) is 1. The predicted molar refractivity (Wildman–Crippen MR) is 85.2 cm³/mol. The van der Waals surface area contributed by atoms with Crippen LogP contribution >= 0.6 is 31.9 Å². The summed E-state index contributed by atoms with van der Waals surface area (Å²) >= 11 is 7.12. The first-order chi connectivity index (χ1) is 9.11. The third-order valence-corrected chi connectivity index (χ3v) is 4.48. The number of hydrogen-bond acceptors (Lipinski definition) is 2. The topological polar surface area (TPSA) is 29.9 Å². The highest BCUT2D eigenvalue weighted by Crippen LogP contribution is 2.29. The summed E-state index contributed by atoms with van der Waals surface area (Å²) in [6.07, 6.45) is 3.89. The molecule has 0 saturated carbocycles. The van der Waals surface area contributed by atoms with Gasteiger partial charge in [-0.25, -0.2) is 0 Å². The van der Waals surface area contributed by atoms with Crippen LogP contribution in [0.4, 0.5) is 0 Å². The molecule has 0 aliphatic heterocycles. The molecule has 1 heterocycles. The van der Waals surface area contributed by atoms with Crippen LogP contribution in [0.2, 0.25) is 0 Å². The van der Waals surface area contributed by atoms with Crippen molar-refractivity contribution in [3.63, 3.8) is 0 Å². The van der Waals surface area contributed by atoms with E-state index in [2.05, 4.69) is 66.5 Å². The number of halogens is 2. The van der Waals surface area contributed by atoms with E-state index in [-0.39, 0.29) is 0 Å². The molecule has 1 unspecified atom stereocenters. The van der Waals surface area contributed by atoms with Gasteiger partial charge in [0.25, 0.3) is 0 Å². The molecule has 1 atom stereocenters. The van der Waals surface area contributed by atoms with Crippen molar-refractivity contribution in [3.8, 4) is 0 Å². The molecular weight excluding hydrogens is 370 g/mol. The van der Waals surface area contributed by atoms with Crippen LogP contribution in [0.3, 0.4) is 0 Å². The Morgan fingerprint density at radius 3 is 2.68 bits per heavy atom. The molecule has 2 aromatic rings. The zero-order valence-electron chi connectivity index (χ0n) is 11.0. The second kappa shape index (κ2) is 6.68. The molecule has 0 saturated heterocycles. The van der Waals surface area contributed by atoms with E-state index in [1.807, 2.05) is 25.0 Å². The Morgan fingerprint density at radius 2 is 2.11 bits per heavy atom. The Hall–Kier alpha value is -0.650. The van der Waals surface area contributed by atoms with Crippen LogP contribution in [-0.2, 0) is 13.5 Å². The number of nitrogens with zero attached hydrogens (tertiary/aromatic N) is 2. The monoisotopic (exact) mass is 385 g/mol. The minimum atomic E-state index is 0.331. The third kappa shape index (κ3) is 3.68. The Kier molecular flexibility index (Phi) is 5.19. The van der Waals surface area contributed by atoms with Gasteiger partial charge < -0.3 is 5.32 Å². The van der Waals surface area contributed by atoms with Gasteiger partial charge in [0.15, 0.2) is 0 Å². The second-order valence-corrected chi connectivity index (χ2v) is 6.26. The standard InChI is InChI=1S/C14H17Br2N3/c1-17-14(6-4-11-7-8-18-19(11)2)12-5-3-10(15)9-13(12)16/h3,5,7-9,14,17H,4,6H2,1-2H3. The number of rotatable bonds is 5. The molecule has 0 bridgehead atoms. The molecule has 0 radical (unpaired) electrons. The average molecular weight is 387 g/mol. The first kappa shape index (κ1) is 14.8. The van der Waals surface area contributed by atoms with Crippen molar-refractivity contribution < 1.29 is 0 Å². The van der Waals surface area contributed by atoms with Gasteiger partial charge in [0.05, 0.1) is 0 Å². The number of aromatic nitrogens is 2. The van der Waals surface area contributed by atoms with E-state index in [0.29, 0.717) is 6.04 Å². The molecule has 0 aliphatic rings. The summed E-state index contributed by atoms with van der Waals surface area (Å²) in [7, 11) is 3.99. The fraction of sp³-hybridized carbons (Fsp3) is 0.357. The van der Waals surface area contributed by atoms with Crippen LogP contribution in [0.15, 0.2) is 39.4 Å². The van der Waals surface area contributed by atoms with Crippen molar-refractivity contribution in [2.24, 2.45) is 7.05 Å². The van der Waals surface area contributed by atoms with Crippen LogP contribution in [0.5, 0.6) is 0 Å². The normalized spacial score (nSPS) is 12.6. The zero-order chi connectivity index (χ0) is 13.8. The van der Waals surface area contributed by atoms with Crippen LogP contribution < -0.4 is 5.32 Å². The summed E-state index contributed by atoms with van der Waals surface area (Å²) in [6.45, 7) is 0. The van der Waals surface area contributed by atoms with Gasteiger partial charge in [-0.3, -0.25) is 4.68 Å². The molecule has 1 aromatic carbocycles. The number of aryl methyl sites for hydroxylation is 2. The summed E-state index contributed by atoms with van der Waals surface area (Å²) in [5, 5.41) is 7.59. The first-order valence-corrected chi connectivity index (χ1v) is 7.79. The molecule has 19 heavy (non-hydrogen) atoms. The Balaban J connectivity index is 2.10. The predicted octanol–water partition coefficient (Wildman–Crippen LogP) is 3.84. The average Bonchev–Trinajstić information content (AvgIpc) is 2.78. The molecule has 102 valence electrons. The second-order valence-electron chi connectivity index (χ2n) is 4.49. The maximum atomic E-state index is 4.20. The molecule has 5 heteroatoms. The summed E-state index contributed by atoms with van der Waals surface area (Å²) in [4.78, 5) is 0. The maximum absolute atomic E-state index is 4.20. The van der Waals surface area contributed by atoms with E-state index in [9.17, 15) is 0 Å². The fourth-order valence-corrected chi connectivity index (χ4v) is 3.50. The highest BCUT2D eigenvalue weighted by atomic mass is 79.9. The number of benzene rings is 1. The van der Waals surface area contributed by atoms with E-state index < -0.39 is 0 Å². The van der Waals surface area contributed by atoms with E-state index in [1.165, 1.54) is 11.3 Å². The molecule has 1 N–H and O–H groups in total. The first-order valence-electron chi connectivity index (χ1n) is 6.21. The van der Waals surface area contributed by atoms with Crippen molar-refractivity contribution in [2.75, 3.05) is 7.05 Å². The lowest BCUT2D eigenvalue weighted by Crippen LogP contribution is -2.18. The molecule has 2 rings (SSSR count). The Morgan fingerprint density at radius 1 is 1.32 bits per heavy atom. The molecule has 0 amide bonds. The quantitative estimate of drug-likeness (QED) is 0.845. The van der Waals surface area contributed by atoms with Gasteiger partial charge in [0, 0.05) is 33.9 Å². The summed E-state index contributed by atoms with van der Waals surface area (Å²) in [5.41, 5.74) is 2.54. The molecule has 1 aromatic heterocycles. The lowest BCUT2D eigenvalue weighted by molar-refractivity contribution is 0.534. The van der Waals surface area contributed by atoms with E-state index in [4.69, 9.17) is 0 Å². The van der Waals surface area contributed by atoms with Gasteiger partial charge in [-0.05, 0) is 43.7 Å². The lowest BCUT2D eigenvalue weighted by atomic mass is 10.0.